The Morgan fingerprint density at radius 1 is 1.24 bits per heavy atom. The van der Waals surface area contributed by atoms with Gasteiger partial charge in [0.1, 0.15) is 0 Å². The molecule has 7 heteroatoms. The Labute approximate surface area is 138 Å². The van der Waals surface area contributed by atoms with Gasteiger partial charge in [0, 0.05) is 29.7 Å². The van der Waals surface area contributed by atoms with Crippen molar-refractivity contribution in [2.75, 3.05) is 13.1 Å². The highest BCUT2D eigenvalue weighted by atomic mass is 35.5. The van der Waals surface area contributed by atoms with Crippen LogP contribution in [0.2, 0.25) is 5.02 Å². The largest absolute Gasteiger partial charge is 0.351 e. The molecule has 1 heterocycles. The molecule has 0 aliphatic carbocycles. The molecule has 0 radical (unpaired) electrons. The molecule has 2 rings (SSSR count). The average Bonchev–Trinajstić information content (AvgIpc) is 2.47. The van der Waals surface area contributed by atoms with Gasteiger partial charge in [0.05, 0.1) is 0 Å². The Morgan fingerprint density at radius 2 is 1.90 bits per heavy atom. The number of rotatable bonds is 3. The van der Waals surface area contributed by atoms with Gasteiger partial charge < -0.3 is 10.2 Å². The summed E-state index contributed by atoms with van der Waals surface area (Å²) < 4.78 is 0. The number of hydrogen-bond donors (Lipinski definition) is 1. The van der Waals surface area contributed by atoms with E-state index in [9.17, 15) is 9.59 Å². The number of benzene rings is 1. The third kappa shape index (κ3) is 4.50. The van der Waals surface area contributed by atoms with E-state index in [4.69, 9.17) is 34.8 Å². The van der Waals surface area contributed by atoms with Gasteiger partial charge in [-0.25, -0.2) is 0 Å². The summed E-state index contributed by atoms with van der Waals surface area (Å²) in [6.45, 7) is 1.15. The Morgan fingerprint density at radius 3 is 2.48 bits per heavy atom. The van der Waals surface area contributed by atoms with Gasteiger partial charge in [0.15, 0.2) is 4.84 Å². The van der Waals surface area contributed by atoms with E-state index >= 15 is 0 Å². The number of nitrogens with zero attached hydrogens (tertiary/aromatic N) is 1. The van der Waals surface area contributed by atoms with Gasteiger partial charge >= 0.3 is 0 Å². The number of carbonyl (C=O) groups is 2. The third-order valence-electron chi connectivity index (χ3n) is 3.40. The molecule has 0 atom stereocenters. The van der Waals surface area contributed by atoms with E-state index in [1.807, 2.05) is 0 Å². The van der Waals surface area contributed by atoms with E-state index in [0.717, 1.165) is 0 Å². The molecule has 114 valence electrons. The van der Waals surface area contributed by atoms with Crippen molar-refractivity contribution in [3.05, 3.63) is 34.9 Å². The highest BCUT2D eigenvalue weighted by molar-refractivity contribution is 6.53. The molecule has 0 spiro atoms. The molecule has 1 saturated heterocycles. The zero-order chi connectivity index (χ0) is 15.4. The molecule has 4 nitrogen and oxygen atoms in total. The first-order chi connectivity index (χ1) is 9.97. The van der Waals surface area contributed by atoms with Crippen molar-refractivity contribution >= 4 is 46.6 Å². The van der Waals surface area contributed by atoms with Crippen LogP contribution in [-0.4, -0.2) is 40.7 Å². The standard InChI is InChI=1S/C14H15Cl3N2O2/c15-10-3-1-2-9(8-10)14(21)19-6-4-11(5-7-19)18-13(20)12(16)17/h1-3,8,11-12H,4-7H2,(H,18,20). The van der Waals surface area contributed by atoms with Gasteiger partial charge in [-0.3, -0.25) is 9.59 Å². The lowest BCUT2D eigenvalue weighted by atomic mass is 10.0. The summed E-state index contributed by atoms with van der Waals surface area (Å²) in [5.41, 5.74) is 0.576. The van der Waals surface area contributed by atoms with Gasteiger partial charge in [0.2, 0.25) is 0 Å². The van der Waals surface area contributed by atoms with E-state index in [-0.39, 0.29) is 11.9 Å². The molecule has 1 fully saturated rings. The maximum Gasteiger partial charge on any atom is 0.253 e. The summed E-state index contributed by atoms with van der Waals surface area (Å²) in [6, 6.07) is 6.89. The Kier molecular flexibility index (Phi) is 5.73. The zero-order valence-electron chi connectivity index (χ0n) is 11.2. The first kappa shape index (κ1) is 16.4. The topological polar surface area (TPSA) is 49.4 Å². The lowest BCUT2D eigenvalue weighted by Crippen LogP contribution is -2.47. The van der Waals surface area contributed by atoms with Gasteiger partial charge in [-0.2, -0.15) is 0 Å². The van der Waals surface area contributed by atoms with Gasteiger partial charge in [-0.15, -0.1) is 0 Å². The van der Waals surface area contributed by atoms with Crippen molar-refractivity contribution in [1.82, 2.24) is 10.2 Å². The molecular weight excluding hydrogens is 335 g/mol. The highest BCUT2D eigenvalue weighted by Gasteiger charge is 2.25. The number of piperidine rings is 1. The maximum absolute atomic E-state index is 12.3. The lowest BCUT2D eigenvalue weighted by molar-refractivity contribution is -0.120. The predicted molar refractivity (Wildman–Crippen MR) is 84.0 cm³/mol. The summed E-state index contributed by atoms with van der Waals surface area (Å²) in [4.78, 5) is 24.4. The summed E-state index contributed by atoms with van der Waals surface area (Å²) in [5.74, 6) is -0.437. The van der Waals surface area contributed by atoms with Crippen molar-refractivity contribution < 1.29 is 9.59 Å². The molecule has 2 amide bonds. The first-order valence-corrected chi connectivity index (χ1v) is 7.86. The highest BCUT2D eigenvalue weighted by Crippen LogP contribution is 2.17. The summed E-state index contributed by atoms with van der Waals surface area (Å²) in [7, 11) is 0. The van der Waals surface area contributed by atoms with Crippen LogP contribution in [0.1, 0.15) is 23.2 Å². The van der Waals surface area contributed by atoms with Gasteiger partial charge in [-0.05, 0) is 31.0 Å². The minimum atomic E-state index is -1.06. The second-order valence-electron chi connectivity index (χ2n) is 4.89. The first-order valence-electron chi connectivity index (χ1n) is 6.60. The van der Waals surface area contributed by atoms with Crippen molar-refractivity contribution in [3.8, 4) is 0 Å². The number of likely N-dealkylation sites (tertiary alicyclic amines) is 1. The molecule has 0 aromatic heterocycles. The van der Waals surface area contributed by atoms with Gasteiger partial charge in [-0.1, -0.05) is 40.9 Å². The summed E-state index contributed by atoms with van der Waals surface area (Å²) >= 11 is 16.9. The monoisotopic (exact) mass is 348 g/mol. The molecule has 1 aliphatic rings. The number of hydrogen-bond acceptors (Lipinski definition) is 2. The van der Waals surface area contributed by atoms with E-state index in [1.54, 1.807) is 29.2 Å². The molecule has 21 heavy (non-hydrogen) atoms. The van der Waals surface area contributed by atoms with Crippen molar-refractivity contribution in [2.24, 2.45) is 0 Å². The second-order valence-corrected chi connectivity index (χ2v) is 6.42. The van der Waals surface area contributed by atoms with Crippen LogP contribution in [0.5, 0.6) is 0 Å². The molecule has 1 aromatic rings. The van der Waals surface area contributed by atoms with E-state index in [0.29, 0.717) is 36.5 Å². The average molecular weight is 350 g/mol. The third-order valence-corrected chi connectivity index (χ3v) is 4.03. The quantitative estimate of drug-likeness (QED) is 0.853. The summed E-state index contributed by atoms with van der Waals surface area (Å²) in [5, 5.41) is 3.30. The van der Waals surface area contributed by atoms with Crippen LogP contribution in [0.3, 0.4) is 0 Å². The van der Waals surface area contributed by atoms with E-state index in [2.05, 4.69) is 5.32 Å². The van der Waals surface area contributed by atoms with Crippen LogP contribution >= 0.6 is 34.8 Å². The minimum Gasteiger partial charge on any atom is -0.351 e. The normalized spacial score (nSPS) is 16.1. The Balaban J connectivity index is 1.89. The Bertz CT molecular complexity index is 529. The molecule has 1 N–H and O–H groups in total. The van der Waals surface area contributed by atoms with Crippen LogP contribution in [0.4, 0.5) is 0 Å². The fourth-order valence-electron chi connectivity index (χ4n) is 2.30. The zero-order valence-corrected chi connectivity index (χ0v) is 13.5. The lowest BCUT2D eigenvalue weighted by Gasteiger charge is -2.32. The number of amides is 2. The molecule has 0 bridgehead atoms. The van der Waals surface area contributed by atoms with Crippen molar-refractivity contribution in [3.63, 3.8) is 0 Å². The smallest absolute Gasteiger partial charge is 0.253 e. The van der Waals surface area contributed by atoms with E-state index < -0.39 is 10.7 Å². The molecule has 0 unspecified atom stereocenters. The summed E-state index contributed by atoms with van der Waals surface area (Å²) in [6.07, 6.45) is 1.36. The van der Waals surface area contributed by atoms with Crippen LogP contribution in [0.25, 0.3) is 0 Å². The van der Waals surface area contributed by atoms with Crippen LogP contribution in [-0.2, 0) is 4.79 Å². The molecule has 1 aliphatic heterocycles. The van der Waals surface area contributed by atoms with E-state index in [1.165, 1.54) is 0 Å². The SMILES string of the molecule is O=C(NC1CCN(C(=O)c2cccc(Cl)c2)CC1)C(Cl)Cl. The van der Waals surface area contributed by atoms with Crippen LogP contribution in [0.15, 0.2) is 24.3 Å². The van der Waals surface area contributed by atoms with Crippen LogP contribution in [0, 0.1) is 0 Å². The number of nitrogens with one attached hydrogen (secondary N) is 1. The maximum atomic E-state index is 12.3. The molecular formula is C14H15Cl3N2O2. The predicted octanol–water partition coefficient (Wildman–Crippen LogP) is 2.86. The molecule has 1 aromatic carbocycles. The Hall–Kier alpha value is -0.970. The van der Waals surface area contributed by atoms with Crippen molar-refractivity contribution in [1.29, 1.82) is 0 Å². The fraction of sp³-hybridized carbons (Fsp3) is 0.429. The molecule has 0 saturated carbocycles. The number of halogens is 3. The minimum absolute atomic E-state index is 0.000844. The van der Waals surface area contributed by atoms with Crippen LogP contribution < -0.4 is 5.32 Å². The second kappa shape index (κ2) is 7.34. The fourth-order valence-corrected chi connectivity index (χ4v) is 2.61. The number of alkyl halides is 2. The van der Waals surface area contributed by atoms with Crippen molar-refractivity contribution in [2.45, 2.75) is 23.7 Å². The number of carbonyl (C=O) groups excluding carboxylic acids is 2. The van der Waals surface area contributed by atoms with Gasteiger partial charge in [0.25, 0.3) is 11.8 Å².